The molecule has 7 heteroatoms. The second-order valence-electron chi connectivity index (χ2n) is 10.7. The zero-order chi connectivity index (χ0) is 25.2. The van der Waals surface area contributed by atoms with Crippen LogP contribution in [0.15, 0.2) is 54.9 Å². The minimum atomic E-state index is -0.116. The highest BCUT2D eigenvalue weighted by atomic mass is 16.2. The van der Waals surface area contributed by atoms with Gasteiger partial charge in [0.25, 0.3) is 5.91 Å². The molecule has 0 N–H and O–H groups in total. The van der Waals surface area contributed by atoms with E-state index in [4.69, 9.17) is 5.10 Å². The molecular weight excluding hydrogens is 462 g/mol. The van der Waals surface area contributed by atoms with Crippen molar-refractivity contribution >= 4 is 11.8 Å². The molecule has 2 fully saturated rings. The highest BCUT2D eigenvalue weighted by Crippen LogP contribution is 2.39. The third kappa shape index (κ3) is 4.79. The molecule has 3 aromatic rings. The fourth-order valence-electron chi connectivity index (χ4n) is 6.48. The molecule has 1 atom stereocenters. The Morgan fingerprint density at radius 1 is 0.892 bits per heavy atom. The molecule has 2 aromatic heterocycles. The molecule has 1 aliphatic carbocycles. The van der Waals surface area contributed by atoms with Gasteiger partial charge in [0.15, 0.2) is 5.69 Å². The first-order chi connectivity index (χ1) is 18.2. The Hall–Kier alpha value is -3.48. The zero-order valence-electron chi connectivity index (χ0n) is 21.4. The lowest BCUT2D eigenvalue weighted by Gasteiger charge is -2.33. The maximum absolute atomic E-state index is 14.1. The minimum Gasteiger partial charge on any atom is -0.337 e. The number of rotatable bonds is 6. The molecule has 4 heterocycles. The summed E-state index contributed by atoms with van der Waals surface area (Å²) in [7, 11) is 0. The Morgan fingerprint density at radius 2 is 1.62 bits per heavy atom. The van der Waals surface area contributed by atoms with Gasteiger partial charge in [0.2, 0.25) is 5.91 Å². The topological polar surface area (TPSA) is 71.3 Å². The van der Waals surface area contributed by atoms with Gasteiger partial charge in [-0.05, 0) is 54.9 Å². The Bertz CT molecular complexity index is 1240. The van der Waals surface area contributed by atoms with Crippen molar-refractivity contribution in [1.82, 2.24) is 24.6 Å². The van der Waals surface area contributed by atoms with Crippen molar-refractivity contribution in [1.29, 1.82) is 0 Å². The number of aromatic nitrogens is 3. The number of fused-ring (bicyclic) bond motifs is 1. The van der Waals surface area contributed by atoms with E-state index in [1.807, 2.05) is 44.8 Å². The number of amides is 2. The second-order valence-corrected chi connectivity index (χ2v) is 10.7. The molecule has 7 nitrogen and oxygen atoms in total. The summed E-state index contributed by atoms with van der Waals surface area (Å²) in [5.41, 5.74) is 4.77. The summed E-state index contributed by atoms with van der Waals surface area (Å²) in [5, 5.41) is 4.87. The van der Waals surface area contributed by atoms with Gasteiger partial charge in [-0.15, -0.1) is 0 Å². The maximum atomic E-state index is 14.1. The summed E-state index contributed by atoms with van der Waals surface area (Å²) >= 11 is 0. The van der Waals surface area contributed by atoms with Crippen LogP contribution < -0.4 is 0 Å². The summed E-state index contributed by atoms with van der Waals surface area (Å²) in [6.45, 7) is 3.27. The van der Waals surface area contributed by atoms with Gasteiger partial charge in [0.05, 0.1) is 12.5 Å². The van der Waals surface area contributed by atoms with Crippen LogP contribution in [0, 0.1) is 5.92 Å². The number of pyridine rings is 1. The van der Waals surface area contributed by atoms with Gasteiger partial charge >= 0.3 is 0 Å². The van der Waals surface area contributed by atoms with E-state index in [9.17, 15) is 9.59 Å². The SMILES string of the molecule is O=C(c1nn(Cc2ccncc2)c2c1CN(C(=O)[C@@H](c1ccccc1)C1CCCC1)CC2)N1CCCC1. The quantitative estimate of drug-likeness (QED) is 0.505. The standard InChI is InChI=1S/C30H35N5O2/c36-29(27(24-10-4-5-11-24)23-8-2-1-3-9-23)34-19-14-26-25(21-34)28(30(37)33-17-6-7-18-33)32-35(26)20-22-12-15-31-16-13-22/h1-3,8-9,12-13,15-16,24,27H,4-7,10-11,14,17-21H2/t27-/m0/s1. The minimum absolute atomic E-state index is 0.00642. The van der Waals surface area contributed by atoms with Crippen LogP contribution in [0.5, 0.6) is 0 Å². The van der Waals surface area contributed by atoms with E-state index >= 15 is 0 Å². The van der Waals surface area contributed by atoms with E-state index < -0.39 is 0 Å². The van der Waals surface area contributed by atoms with E-state index in [1.54, 1.807) is 12.4 Å². The second kappa shape index (κ2) is 10.5. The van der Waals surface area contributed by atoms with Crippen molar-refractivity contribution in [3.63, 3.8) is 0 Å². The summed E-state index contributed by atoms with van der Waals surface area (Å²) < 4.78 is 1.99. The van der Waals surface area contributed by atoms with E-state index in [-0.39, 0.29) is 17.7 Å². The van der Waals surface area contributed by atoms with E-state index in [0.29, 0.717) is 37.7 Å². The zero-order valence-corrected chi connectivity index (χ0v) is 21.4. The Morgan fingerprint density at radius 3 is 2.35 bits per heavy atom. The van der Waals surface area contributed by atoms with Crippen LogP contribution in [0.3, 0.4) is 0 Å². The lowest BCUT2D eigenvalue weighted by molar-refractivity contribution is -0.135. The van der Waals surface area contributed by atoms with Crippen LogP contribution >= 0.6 is 0 Å². The third-order valence-electron chi connectivity index (χ3n) is 8.42. The molecule has 0 spiro atoms. The molecule has 192 valence electrons. The molecule has 0 bridgehead atoms. The Balaban J connectivity index is 1.32. The summed E-state index contributed by atoms with van der Waals surface area (Å²) in [6.07, 6.45) is 11.0. The summed E-state index contributed by atoms with van der Waals surface area (Å²) in [6, 6.07) is 14.3. The normalized spacial score (nSPS) is 18.7. The van der Waals surface area contributed by atoms with Gasteiger partial charge < -0.3 is 9.80 Å². The summed E-state index contributed by atoms with van der Waals surface area (Å²) in [4.78, 5) is 35.7. The molecule has 2 amide bonds. The number of nitrogens with zero attached hydrogens (tertiary/aromatic N) is 5. The number of carbonyl (C=O) groups excluding carboxylic acids is 2. The molecule has 37 heavy (non-hydrogen) atoms. The van der Waals surface area contributed by atoms with E-state index in [0.717, 1.165) is 61.2 Å². The molecule has 1 saturated carbocycles. The number of hydrogen-bond donors (Lipinski definition) is 0. The van der Waals surface area contributed by atoms with Gasteiger partial charge in [-0.1, -0.05) is 43.2 Å². The lowest BCUT2D eigenvalue weighted by Crippen LogP contribution is -2.41. The number of carbonyl (C=O) groups is 2. The Labute approximate surface area is 218 Å². The average molecular weight is 498 g/mol. The number of likely N-dealkylation sites (tertiary alicyclic amines) is 1. The number of benzene rings is 1. The lowest BCUT2D eigenvalue weighted by atomic mass is 9.83. The van der Waals surface area contributed by atoms with Crippen molar-refractivity contribution < 1.29 is 9.59 Å². The smallest absolute Gasteiger partial charge is 0.274 e. The van der Waals surface area contributed by atoms with Crippen LogP contribution in [0.1, 0.15) is 77.3 Å². The van der Waals surface area contributed by atoms with Crippen molar-refractivity contribution in [3.05, 3.63) is 82.9 Å². The van der Waals surface area contributed by atoms with Crippen LogP contribution in [-0.4, -0.2) is 56.0 Å². The first kappa shape index (κ1) is 23.9. The maximum Gasteiger partial charge on any atom is 0.274 e. The molecule has 3 aliphatic rings. The molecule has 6 rings (SSSR count). The fourth-order valence-corrected chi connectivity index (χ4v) is 6.48. The molecule has 1 saturated heterocycles. The Kier molecular flexibility index (Phi) is 6.77. The largest absolute Gasteiger partial charge is 0.337 e. The highest BCUT2D eigenvalue weighted by Gasteiger charge is 2.38. The first-order valence-electron chi connectivity index (χ1n) is 13.8. The van der Waals surface area contributed by atoms with Crippen LogP contribution in [0.25, 0.3) is 0 Å². The predicted octanol–water partition coefficient (Wildman–Crippen LogP) is 4.42. The summed E-state index contributed by atoms with van der Waals surface area (Å²) in [5.74, 6) is 0.475. The fraction of sp³-hybridized carbons (Fsp3) is 0.467. The van der Waals surface area contributed by atoms with Gasteiger partial charge in [-0.3, -0.25) is 19.3 Å². The molecule has 0 unspecified atom stereocenters. The van der Waals surface area contributed by atoms with Crippen molar-refractivity contribution in [2.75, 3.05) is 19.6 Å². The number of hydrogen-bond acceptors (Lipinski definition) is 4. The molecular formula is C30H35N5O2. The molecule has 0 radical (unpaired) electrons. The third-order valence-corrected chi connectivity index (χ3v) is 8.42. The van der Waals surface area contributed by atoms with Crippen LogP contribution in [0.2, 0.25) is 0 Å². The molecule has 1 aromatic carbocycles. The van der Waals surface area contributed by atoms with Gasteiger partial charge in [0.1, 0.15) is 0 Å². The van der Waals surface area contributed by atoms with E-state index in [2.05, 4.69) is 17.1 Å². The van der Waals surface area contributed by atoms with Gasteiger partial charge in [-0.25, -0.2) is 0 Å². The predicted molar refractivity (Wildman–Crippen MR) is 141 cm³/mol. The van der Waals surface area contributed by atoms with Crippen molar-refractivity contribution in [3.8, 4) is 0 Å². The monoisotopic (exact) mass is 497 g/mol. The van der Waals surface area contributed by atoms with Crippen LogP contribution in [0.4, 0.5) is 0 Å². The van der Waals surface area contributed by atoms with E-state index in [1.165, 1.54) is 12.8 Å². The van der Waals surface area contributed by atoms with Crippen LogP contribution in [-0.2, 0) is 24.3 Å². The van der Waals surface area contributed by atoms with Crippen molar-refractivity contribution in [2.45, 2.75) is 64.0 Å². The highest BCUT2D eigenvalue weighted by molar-refractivity contribution is 5.94. The average Bonchev–Trinajstić information content (AvgIpc) is 3.72. The van der Waals surface area contributed by atoms with Gasteiger partial charge in [-0.2, -0.15) is 5.10 Å². The first-order valence-corrected chi connectivity index (χ1v) is 13.8. The van der Waals surface area contributed by atoms with Gasteiger partial charge in [0, 0.05) is 56.3 Å². The van der Waals surface area contributed by atoms with Crippen molar-refractivity contribution in [2.24, 2.45) is 5.92 Å². The molecule has 2 aliphatic heterocycles.